The number of hydrogen-bond donors (Lipinski definition) is 0. The standard InChI is InChI=1S/C25H22N2O7/c1-30-15-5-3-11(7-17(15)31-2)22-21-13-9-14(23(21)34-26-22)20-19(13)24(28)27(25(20)29)12-4-6-16-18(8-12)33-10-32-16/h3-8,13-14,19-21,23H,9-10H2,1-2H3/t13-,14+,19-,20+,21-,23-/m1/s1. The molecule has 3 aliphatic heterocycles. The summed E-state index contributed by atoms with van der Waals surface area (Å²) in [7, 11) is 3.18. The van der Waals surface area contributed by atoms with Crippen molar-refractivity contribution >= 4 is 23.2 Å². The van der Waals surface area contributed by atoms with Gasteiger partial charge in [-0.3, -0.25) is 9.59 Å². The number of amides is 2. The summed E-state index contributed by atoms with van der Waals surface area (Å²) in [6, 6.07) is 10.8. The average molecular weight is 462 g/mol. The minimum Gasteiger partial charge on any atom is -0.493 e. The van der Waals surface area contributed by atoms with Gasteiger partial charge in [-0.1, -0.05) is 5.16 Å². The number of fused-ring (bicyclic) bond motifs is 9. The van der Waals surface area contributed by atoms with Crippen LogP contribution in [0.3, 0.4) is 0 Å². The van der Waals surface area contributed by atoms with Crippen LogP contribution in [0.5, 0.6) is 23.0 Å². The van der Waals surface area contributed by atoms with Crippen LogP contribution in [0, 0.1) is 29.6 Å². The smallest absolute Gasteiger partial charge is 0.238 e. The number of anilines is 1. The van der Waals surface area contributed by atoms with Crippen LogP contribution in [0.2, 0.25) is 0 Å². The highest BCUT2D eigenvalue weighted by Gasteiger charge is 2.70. The van der Waals surface area contributed by atoms with Crippen molar-refractivity contribution in [2.75, 3.05) is 25.9 Å². The summed E-state index contributed by atoms with van der Waals surface area (Å²) in [5, 5.41) is 4.41. The van der Waals surface area contributed by atoms with Crippen molar-refractivity contribution in [2.45, 2.75) is 12.5 Å². The first-order valence-corrected chi connectivity index (χ1v) is 11.3. The SMILES string of the molecule is COc1ccc(C2=NO[C@@H]3[C@H]4C[C@H]([C@H]5C(=O)N(c6ccc7c(c6)OCO7)C(=O)[C@@H]45)[C@H]23)cc1OC. The molecule has 0 unspecified atom stereocenters. The van der Waals surface area contributed by atoms with E-state index in [1.165, 1.54) is 4.90 Å². The van der Waals surface area contributed by atoms with Crippen molar-refractivity contribution in [1.82, 2.24) is 0 Å². The van der Waals surface area contributed by atoms with E-state index in [1.807, 2.05) is 18.2 Å². The number of carbonyl (C=O) groups excluding carboxylic acids is 2. The molecule has 2 aliphatic carbocycles. The van der Waals surface area contributed by atoms with Crippen molar-refractivity contribution in [2.24, 2.45) is 34.7 Å². The molecule has 2 saturated carbocycles. The Bertz CT molecular complexity index is 1270. The highest BCUT2D eigenvalue weighted by molar-refractivity contribution is 6.23. The number of nitrogens with zero attached hydrogens (tertiary/aromatic N) is 2. The average Bonchev–Trinajstić information content (AvgIpc) is 3.65. The number of methoxy groups -OCH3 is 2. The minimum absolute atomic E-state index is 0.00944. The van der Waals surface area contributed by atoms with Crippen LogP contribution in [0.25, 0.3) is 0 Å². The molecule has 2 amide bonds. The Labute approximate surface area is 195 Å². The normalized spacial score (nSPS) is 31.9. The molecule has 0 aromatic heterocycles. The van der Waals surface area contributed by atoms with Crippen LogP contribution in [-0.2, 0) is 14.4 Å². The molecule has 6 atom stereocenters. The maximum Gasteiger partial charge on any atom is 0.238 e. The molecule has 0 spiro atoms. The molecule has 9 heteroatoms. The molecule has 2 aromatic carbocycles. The zero-order valence-corrected chi connectivity index (χ0v) is 18.6. The molecule has 174 valence electrons. The molecular formula is C25H22N2O7. The fraction of sp³-hybridized carbons (Fsp3) is 0.400. The van der Waals surface area contributed by atoms with Gasteiger partial charge in [-0.25, -0.2) is 4.90 Å². The zero-order chi connectivity index (χ0) is 23.1. The van der Waals surface area contributed by atoms with Crippen molar-refractivity contribution in [3.8, 4) is 23.0 Å². The van der Waals surface area contributed by atoms with E-state index in [1.54, 1.807) is 32.4 Å². The van der Waals surface area contributed by atoms with E-state index >= 15 is 0 Å². The lowest BCUT2D eigenvalue weighted by Crippen LogP contribution is -2.41. The lowest BCUT2D eigenvalue weighted by atomic mass is 9.71. The predicted molar refractivity (Wildman–Crippen MR) is 118 cm³/mol. The van der Waals surface area contributed by atoms with E-state index in [2.05, 4.69) is 5.16 Å². The molecule has 1 saturated heterocycles. The van der Waals surface area contributed by atoms with E-state index in [0.717, 1.165) is 17.7 Å². The summed E-state index contributed by atoms with van der Waals surface area (Å²) in [5.74, 6) is 1.21. The summed E-state index contributed by atoms with van der Waals surface area (Å²) in [6.45, 7) is 0.134. The summed E-state index contributed by atoms with van der Waals surface area (Å²) < 4.78 is 21.6. The molecule has 3 fully saturated rings. The van der Waals surface area contributed by atoms with Gasteiger partial charge in [0.05, 0.1) is 37.5 Å². The van der Waals surface area contributed by atoms with Gasteiger partial charge in [0.15, 0.2) is 23.0 Å². The third-order valence-electron chi connectivity index (χ3n) is 7.98. The Morgan fingerprint density at radius 1 is 0.882 bits per heavy atom. The van der Waals surface area contributed by atoms with E-state index in [4.69, 9.17) is 23.8 Å². The summed E-state index contributed by atoms with van der Waals surface area (Å²) in [6.07, 6.45) is 0.575. The lowest BCUT2D eigenvalue weighted by Gasteiger charge is -2.29. The monoisotopic (exact) mass is 462 g/mol. The Hall–Kier alpha value is -3.75. The number of ether oxygens (including phenoxy) is 4. The molecule has 7 rings (SSSR count). The van der Waals surface area contributed by atoms with Gasteiger partial charge < -0.3 is 23.8 Å². The Kier molecular flexibility index (Phi) is 3.99. The van der Waals surface area contributed by atoms with E-state index in [0.29, 0.717) is 28.7 Å². The summed E-state index contributed by atoms with van der Waals surface area (Å²) >= 11 is 0. The Morgan fingerprint density at radius 2 is 1.65 bits per heavy atom. The fourth-order valence-electron chi connectivity index (χ4n) is 6.64. The van der Waals surface area contributed by atoms with Crippen molar-refractivity contribution in [1.29, 1.82) is 0 Å². The third-order valence-corrected chi connectivity index (χ3v) is 7.98. The maximum absolute atomic E-state index is 13.6. The van der Waals surface area contributed by atoms with Gasteiger partial charge in [-0.05, 0) is 42.7 Å². The number of rotatable bonds is 4. The zero-order valence-electron chi connectivity index (χ0n) is 18.6. The second-order valence-corrected chi connectivity index (χ2v) is 9.31. The van der Waals surface area contributed by atoms with E-state index in [9.17, 15) is 9.59 Å². The second kappa shape index (κ2) is 6.88. The van der Waals surface area contributed by atoms with Crippen molar-refractivity contribution < 1.29 is 33.4 Å². The lowest BCUT2D eigenvalue weighted by molar-refractivity contribution is -0.125. The van der Waals surface area contributed by atoms with Gasteiger partial charge in [0.2, 0.25) is 18.6 Å². The topological polar surface area (TPSA) is 95.9 Å². The van der Waals surface area contributed by atoms with Gasteiger partial charge in [0, 0.05) is 23.5 Å². The predicted octanol–water partition coefficient (Wildman–Crippen LogP) is 2.61. The molecule has 5 aliphatic rings. The molecule has 3 heterocycles. The van der Waals surface area contributed by atoms with Crippen LogP contribution in [0.1, 0.15) is 12.0 Å². The second-order valence-electron chi connectivity index (χ2n) is 9.31. The first kappa shape index (κ1) is 19.7. The maximum atomic E-state index is 13.6. The summed E-state index contributed by atoms with van der Waals surface area (Å²) in [5.41, 5.74) is 2.20. The Balaban J connectivity index is 1.21. The van der Waals surface area contributed by atoms with Gasteiger partial charge >= 0.3 is 0 Å². The van der Waals surface area contributed by atoms with Crippen LogP contribution in [0.4, 0.5) is 5.69 Å². The van der Waals surface area contributed by atoms with Crippen LogP contribution < -0.4 is 23.8 Å². The Morgan fingerprint density at radius 3 is 2.44 bits per heavy atom. The highest BCUT2D eigenvalue weighted by atomic mass is 16.7. The van der Waals surface area contributed by atoms with Crippen molar-refractivity contribution in [3.05, 3.63) is 42.0 Å². The van der Waals surface area contributed by atoms with Crippen LogP contribution >= 0.6 is 0 Å². The number of carbonyl (C=O) groups is 2. The number of oxime groups is 1. The van der Waals surface area contributed by atoms with Gasteiger partial charge in [0.25, 0.3) is 0 Å². The van der Waals surface area contributed by atoms with Gasteiger partial charge in [-0.15, -0.1) is 0 Å². The van der Waals surface area contributed by atoms with Crippen LogP contribution in [0.15, 0.2) is 41.6 Å². The largest absolute Gasteiger partial charge is 0.493 e. The quantitative estimate of drug-likeness (QED) is 0.645. The molecule has 2 bridgehead atoms. The summed E-state index contributed by atoms with van der Waals surface area (Å²) in [4.78, 5) is 34.3. The van der Waals surface area contributed by atoms with Gasteiger partial charge in [0.1, 0.15) is 6.10 Å². The van der Waals surface area contributed by atoms with Gasteiger partial charge in [-0.2, -0.15) is 0 Å². The molecule has 34 heavy (non-hydrogen) atoms. The van der Waals surface area contributed by atoms with E-state index < -0.39 is 0 Å². The van der Waals surface area contributed by atoms with E-state index in [-0.39, 0.29) is 54.3 Å². The molecule has 0 N–H and O–H groups in total. The fourth-order valence-corrected chi connectivity index (χ4v) is 6.64. The number of hydrogen-bond acceptors (Lipinski definition) is 8. The molecule has 9 nitrogen and oxygen atoms in total. The van der Waals surface area contributed by atoms with Crippen molar-refractivity contribution in [3.63, 3.8) is 0 Å². The third kappa shape index (κ3) is 2.41. The molecule has 0 radical (unpaired) electrons. The first-order chi connectivity index (χ1) is 16.6. The minimum atomic E-state index is -0.385. The first-order valence-electron chi connectivity index (χ1n) is 11.3. The highest BCUT2D eigenvalue weighted by Crippen LogP contribution is 2.62. The molecular weight excluding hydrogens is 440 g/mol. The number of benzene rings is 2. The van der Waals surface area contributed by atoms with Crippen LogP contribution in [-0.4, -0.2) is 44.6 Å². The number of imide groups is 1. The molecule has 2 aromatic rings.